The van der Waals surface area contributed by atoms with Crippen LogP contribution < -0.4 is 10.3 Å². The Labute approximate surface area is 110 Å². The highest BCUT2D eigenvalue weighted by Crippen LogP contribution is 2.26. The van der Waals surface area contributed by atoms with E-state index in [1.54, 1.807) is 20.8 Å². The summed E-state index contributed by atoms with van der Waals surface area (Å²) in [5, 5.41) is 0. The Bertz CT molecular complexity index is 379. The topological polar surface area (TPSA) is 75.3 Å². The average Bonchev–Trinajstić information content (AvgIpc) is 2.26. The van der Waals surface area contributed by atoms with Gasteiger partial charge in [0.1, 0.15) is 0 Å². The molecule has 0 aromatic rings. The third-order valence-corrected chi connectivity index (χ3v) is 5.31. The van der Waals surface area contributed by atoms with E-state index in [0.29, 0.717) is 12.3 Å². The number of sulfonamides is 1. The fraction of sp³-hybridized carbons (Fsp3) is 0.917. The molecule has 0 radical (unpaired) electrons. The SMILES string of the molecule is CC(C)(C)S(=O)(=O)NNC(=O)CC1CCCCC1. The molecule has 0 spiro atoms. The molecule has 6 heteroatoms. The average molecular weight is 276 g/mol. The number of carbonyl (C=O) groups is 1. The van der Waals surface area contributed by atoms with Gasteiger partial charge in [-0.1, -0.05) is 19.3 Å². The maximum absolute atomic E-state index is 11.7. The van der Waals surface area contributed by atoms with E-state index in [9.17, 15) is 13.2 Å². The molecule has 0 aromatic heterocycles. The Kier molecular flexibility index (Phi) is 5.16. The van der Waals surface area contributed by atoms with Crippen LogP contribution in [0.1, 0.15) is 59.3 Å². The van der Waals surface area contributed by atoms with Gasteiger partial charge in [-0.15, -0.1) is 4.83 Å². The molecule has 0 unspecified atom stereocenters. The number of rotatable bonds is 4. The summed E-state index contributed by atoms with van der Waals surface area (Å²) in [6.07, 6.45) is 6.14. The molecule has 2 N–H and O–H groups in total. The van der Waals surface area contributed by atoms with Crippen LogP contribution in [0.2, 0.25) is 0 Å². The van der Waals surface area contributed by atoms with Gasteiger partial charge in [-0.25, -0.2) is 8.42 Å². The van der Waals surface area contributed by atoms with Gasteiger partial charge in [0.2, 0.25) is 15.9 Å². The maximum Gasteiger partial charge on any atom is 0.235 e. The van der Waals surface area contributed by atoms with Crippen LogP contribution in [0, 0.1) is 5.92 Å². The molecule has 0 aromatic carbocycles. The van der Waals surface area contributed by atoms with E-state index in [1.165, 1.54) is 19.3 Å². The minimum atomic E-state index is -3.52. The monoisotopic (exact) mass is 276 g/mol. The van der Waals surface area contributed by atoms with Gasteiger partial charge in [-0.05, 0) is 39.5 Å². The third-order valence-electron chi connectivity index (χ3n) is 3.33. The first-order chi connectivity index (χ1) is 8.22. The van der Waals surface area contributed by atoms with Crippen molar-refractivity contribution in [3.05, 3.63) is 0 Å². The van der Waals surface area contributed by atoms with Gasteiger partial charge >= 0.3 is 0 Å². The van der Waals surface area contributed by atoms with Crippen molar-refractivity contribution in [1.82, 2.24) is 10.3 Å². The summed E-state index contributed by atoms with van der Waals surface area (Å²) in [5.41, 5.74) is 2.30. The molecule has 106 valence electrons. The van der Waals surface area contributed by atoms with Crippen molar-refractivity contribution in [2.45, 2.75) is 64.0 Å². The Hall–Kier alpha value is -0.620. The smallest absolute Gasteiger partial charge is 0.235 e. The minimum Gasteiger partial charge on any atom is -0.278 e. The predicted octanol–water partition coefficient (Wildman–Crippen LogP) is 1.71. The molecule has 0 atom stereocenters. The van der Waals surface area contributed by atoms with Crippen molar-refractivity contribution in [3.63, 3.8) is 0 Å². The molecule has 5 nitrogen and oxygen atoms in total. The Morgan fingerprint density at radius 2 is 1.72 bits per heavy atom. The lowest BCUT2D eigenvalue weighted by atomic mass is 9.87. The summed E-state index contributed by atoms with van der Waals surface area (Å²) in [7, 11) is -3.52. The number of hydrogen-bond acceptors (Lipinski definition) is 3. The molecule has 0 aliphatic heterocycles. The highest BCUT2D eigenvalue weighted by atomic mass is 32.2. The Morgan fingerprint density at radius 1 is 1.17 bits per heavy atom. The second-order valence-electron chi connectivity index (χ2n) is 5.97. The number of hydrogen-bond donors (Lipinski definition) is 2. The zero-order chi connectivity index (χ0) is 13.8. The van der Waals surface area contributed by atoms with E-state index >= 15 is 0 Å². The van der Waals surface area contributed by atoms with E-state index in [-0.39, 0.29) is 5.91 Å². The molecule has 1 aliphatic carbocycles. The summed E-state index contributed by atoms with van der Waals surface area (Å²) < 4.78 is 22.5. The lowest BCUT2D eigenvalue weighted by Gasteiger charge is -2.22. The maximum atomic E-state index is 11.7. The van der Waals surface area contributed by atoms with Crippen LogP contribution in [0.4, 0.5) is 0 Å². The molecule has 0 saturated heterocycles. The molecule has 1 aliphatic rings. The lowest BCUT2D eigenvalue weighted by Crippen LogP contribution is -2.49. The molecule has 1 fully saturated rings. The number of carbonyl (C=O) groups excluding carboxylic acids is 1. The zero-order valence-electron chi connectivity index (χ0n) is 11.5. The molecule has 18 heavy (non-hydrogen) atoms. The quantitative estimate of drug-likeness (QED) is 0.767. The van der Waals surface area contributed by atoms with E-state index in [1.807, 2.05) is 0 Å². The first-order valence-corrected chi connectivity index (χ1v) is 8.01. The van der Waals surface area contributed by atoms with Crippen molar-refractivity contribution in [2.24, 2.45) is 5.92 Å². The van der Waals surface area contributed by atoms with Crippen LogP contribution in [-0.4, -0.2) is 19.1 Å². The number of nitrogens with one attached hydrogen (secondary N) is 2. The summed E-state index contributed by atoms with van der Waals surface area (Å²) in [6.45, 7) is 4.76. The van der Waals surface area contributed by atoms with Gasteiger partial charge in [-0.3, -0.25) is 10.2 Å². The molecule has 1 amide bonds. The molecule has 0 bridgehead atoms. The molecule has 1 saturated carbocycles. The summed E-state index contributed by atoms with van der Waals surface area (Å²) >= 11 is 0. The van der Waals surface area contributed by atoms with Crippen LogP contribution in [0.3, 0.4) is 0 Å². The second-order valence-corrected chi connectivity index (χ2v) is 8.41. The third kappa shape index (κ3) is 4.57. The standard InChI is InChI=1S/C12H24N2O3S/c1-12(2,3)18(16,17)14-13-11(15)9-10-7-5-4-6-8-10/h10,14H,4-9H2,1-3H3,(H,13,15). The van der Waals surface area contributed by atoms with Gasteiger partial charge in [0.25, 0.3) is 0 Å². The van der Waals surface area contributed by atoms with Gasteiger partial charge in [0.15, 0.2) is 0 Å². The van der Waals surface area contributed by atoms with Crippen molar-refractivity contribution in [3.8, 4) is 0 Å². The van der Waals surface area contributed by atoms with Crippen molar-refractivity contribution in [1.29, 1.82) is 0 Å². The van der Waals surface area contributed by atoms with Gasteiger partial charge < -0.3 is 0 Å². The molecular formula is C12H24N2O3S. The van der Waals surface area contributed by atoms with Crippen LogP contribution in [0.25, 0.3) is 0 Å². The number of amides is 1. The Morgan fingerprint density at radius 3 is 2.22 bits per heavy atom. The van der Waals surface area contributed by atoms with Gasteiger partial charge in [0, 0.05) is 6.42 Å². The fourth-order valence-corrected chi connectivity index (χ4v) is 2.54. The van der Waals surface area contributed by atoms with Gasteiger partial charge in [-0.2, -0.15) is 0 Å². The van der Waals surface area contributed by atoms with Crippen molar-refractivity contribution < 1.29 is 13.2 Å². The molecular weight excluding hydrogens is 252 g/mol. The predicted molar refractivity (Wildman–Crippen MR) is 71.1 cm³/mol. The number of hydrazine groups is 1. The van der Waals surface area contributed by atoms with Crippen LogP contribution in [-0.2, 0) is 14.8 Å². The molecule has 1 rings (SSSR count). The first kappa shape index (κ1) is 15.4. The van der Waals surface area contributed by atoms with Crippen molar-refractivity contribution >= 4 is 15.9 Å². The van der Waals surface area contributed by atoms with Crippen LogP contribution in [0.15, 0.2) is 0 Å². The summed E-state index contributed by atoms with van der Waals surface area (Å²) in [6, 6.07) is 0. The normalized spacial score (nSPS) is 18.6. The summed E-state index contributed by atoms with van der Waals surface area (Å²) in [5.74, 6) is 0.160. The van der Waals surface area contributed by atoms with E-state index in [4.69, 9.17) is 0 Å². The van der Waals surface area contributed by atoms with E-state index in [2.05, 4.69) is 10.3 Å². The van der Waals surface area contributed by atoms with E-state index in [0.717, 1.165) is 12.8 Å². The Balaban J connectivity index is 2.37. The fourth-order valence-electron chi connectivity index (χ4n) is 1.98. The molecule has 0 heterocycles. The van der Waals surface area contributed by atoms with E-state index < -0.39 is 14.8 Å². The first-order valence-electron chi connectivity index (χ1n) is 6.52. The summed E-state index contributed by atoms with van der Waals surface area (Å²) in [4.78, 5) is 13.8. The zero-order valence-corrected chi connectivity index (χ0v) is 12.3. The van der Waals surface area contributed by atoms with Gasteiger partial charge in [0.05, 0.1) is 4.75 Å². The largest absolute Gasteiger partial charge is 0.278 e. The van der Waals surface area contributed by atoms with Crippen LogP contribution in [0.5, 0.6) is 0 Å². The van der Waals surface area contributed by atoms with Crippen molar-refractivity contribution in [2.75, 3.05) is 0 Å². The minimum absolute atomic E-state index is 0.241. The second kappa shape index (κ2) is 6.02. The highest BCUT2D eigenvalue weighted by molar-refractivity contribution is 7.90. The highest BCUT2D eigenvalue weighted by Gasteiger charge is 2.29. The lowest BCUT2D eigenvalue weighted by molar-refractivity contribution is -0.122. The van der Waals surface area contributed by atoms with Crippen LogP contribution >= 0.6 is 0 Å².